The highest BCUT2D eigenvalue weighted by Crippen LogP contribution is 1.98. The second kappa shape index (κ2) is 4.29. The van der Waals surface area contributed by atoms with Crippen molar-refractivity contribution in [1.29, 1.82) is 0 Å². The molecule has 56 valence electrons. The molecule has 2 heteroatoms. The first-order valence-electron chi connectivity index (χ1n) is 3.24. The third-order valence-corrected chi connectivity index (χ3v) is 1.38. The Kier molecular flexibility index (Phi) is 4.05. The van der Waals surface area contributed by atoms with Crippen molar-refractivity contribution in [3.63, 3.8) is 0 Å². The predicted octanol–water partition coefficient (Wildman–Crippen LogP) is 2.37. The molecule has 1 aromatic rings. The first kappa shape index (κ1) is 9.44. The van der Waals surface area contributed by atoms with Gasteiger partial charge in [-0.2, -0.15) is 0 Å². The Morgan fingerprint density at radius 3 is 2.50 bits per heavy atom. The zero-order valence-corrected chi connectivity index (χ0v) is 7.11. The van der Waals surface area contributed by atoms with Crippen LogP contribution in [0.1, 0.15) is 18.2 Å². The van der Waals surface area contributed by atoms with Crippen LogP contribution in [0.2, 0.25) is 0 Å². The molecule has 0 aliphatic rings. The SMILES string of the molecule is CCc1ccc(C)nc1.Cl. The Morgan fingerprint density at radius 1 is 1.40 bits per heavy atom. The smallest absolute Gasteiger partial charge is 0.0372 e. The van der Waals surface area contributed by atoms with E-state index in [0.717, 1.165) is 12.1 Å². The summed E-state index contributed by atoms with van der Waals surface area (Å²) >= 11 is 0. The van der Waals surface area contributed by atoms with Gasteiger partial charge in [0.15, 0.2) is 0 Å². The van der Waals surface area contributed by atoms with Gasteiger partial charge in [0.2, 0.25) is 0 Å². The first-order chi connectivity index (χ1) is 4.33. The molecule has 0 aliphatic carbocycles. The van der Waals surface area contributed by atoms with Gasteiger partial charge in [0.05, 0.1) is 0 Å². The maximum absolute atomic E-state index is 4.15. The lowest BCUT2D eigenvalue weighted by Crippen LogP contribution is -1.83. The molecule has 0 saturated carbocycles. The molecule has 0 N–H and O–H groups in total. The van der Waals surface area contributed by atoms with Gasteiger partial charge in [-0.1, -0.05) is 13.0 Å². The molecule has 0 aliphatic heterocycles. The van der Waals surface area contributed by atoms with E-state index in [1.165, 1.54) is 5.56 Å². The molecular formula is C8H12ClN. The highest BCUT2D eigenvalue weighted by molar-refractivity contribution is 5.85. The molecule has 1 nitrogen and oxygen atoms in total. The maximum atomic E-state index is 4.15. The summed E-state index contributed by atoms with van der Waals surface area (Å²) in [6, 6.07) is 4.15. The van der Waals surface area contributed by atoms with E-state index in [4.69, 9.17) is 0 Å². The van der Waals surface area contributed by atoms with Crippen LogP contribution >= 0.6 is 12.4 Å². The molecular weight excluding hydrogens is 146 g/mol. The fraction of sp³-hybridized carbons (Fsp3) is 0.375. The molecule has 0 atom stereocenters. The van der Waals surface area contributed by atoms with Crippen molar-refractivity contribution in [2.75, 3.05) is 0 Å². The van der Waals surface area contributed by atoms with Crippen LogP contribution in [0.4, 0.5) is 0 Å². The Morgan fingerprint density at radius 2 is 2.10 bits per heavy atom. The molecule has 0 spiro atoms. The number of halogens is 1. The molecule has 0 unspecified atom stereocenters. The number of hydrogen-bond acceptors (Lipinski definition) is 1. The molecule has 0 amide bonds. The van der Waals surface area contributed by atoms with E-state index >= 15 is 0 Å². The van der Waals surface area contributed by atoms with Crippen molar-refractivity contribution >= 4 is 12.4 Å². The van der Waals surface area contributed by atoms with Crippen molar-refractivity contribution < 1.29 is 0 Å². The van der Waals surface area contributed by atoms with Gasteiger partial charge >= 0.3 is 0 Å². The van der Waals surface area contributed by atoms with E-state index in [9.17, 15) is 0 Å². The van der Waals surface area contributed by atoms with Crippen LogP contribution in [0.5, 0.6) is 0 Å². The summed E-state index contributed by atoms with van der Waals surface area (Å²) in [5, 5.41) is 0. The summed E-state index contributed by atoms with van der Waals surface area (Å²) < 4.78 is 0. The number of pyridine rings is 1. The number of aromatic nitrogens is 1. The van der Waals surface area contributed by atoms with Gasteiger partial charge in [-0.05, 0) is 25.0 Å². The van der Waals surface area contributed by atoms with Crippen molar-refractivity contribution in [1.82, 2.24) is 4.98 Å². The zero-order chi connectivity index (χ0) is 6.69. The average molecular weight is 158 g/mol. The van der Waals surface area contributed by atoms with Crippen LogP contribution in [0.25, 0.3) is 0 Å². The fourth-order valence-corrected chi connectivity index (χ4v) is 0.708. The molecule has 1 aromatic heterocycles. The summed E-state index contributed by atoms with van der Waals surface area (Å²) in [7, 11) is 0. The maximum Gasteiger partial charge on any atom is 0.0372 e. The van der Waals surface area contributed by atoms with Crippen LogP contribution in [-0.2, 0) is 6.42 Å². The Labute approximate surface area is 67.9 Å². The summed E-state index contributed by atoms with van der Waals surface area (Å²) in [6.45, 7) is 4.13. The van der Waals surface area contributed by atoms with Crippen LogP contribution in [0.15, 0.2) is 18.3 Å². The summed E-state index contributed by atoms with van der Waals surface area (Å²) in [6.07, 6.45) is 3.00. The third kappa shape index (κ3) is 2.36. The van der Waals surface area contributed by atoms with E-state index in [1.807, 2.05) is 19.2 Å². The average Bonchev–Trinajstić information content (AvgIpc) is 1.90. The summed E-state index contributed by atoms with van der Waals surface area (Å²) in [4.78, 5) is 4.15. The lowest BCUT2D eigenvalue weighted by Gasteiger charge is -1.93. The van der Waals surface area contributed by atoms with Crippen molar-refractivity contribution in [3.05, 3.63) is 29.6 Å². The molecule has 0 bridgehead atoms. The van der Waals surface area contributed by atoms with Gasteiger partial charge in [0.1, 0.15) is 0 Å². The molecule has 1 rings (SSSR count). The van der Waals surface area contributed by atoms with Crippen molar-refractivity contribution in [3.8, 4) is 0 Å². The molecule has 0 radical (unpaired) electrons. The lowest BCUT2D eigenvalue weighted by atomic mass is 10.2. The van der Waals surface area contributed by atoms with Gasteiger partial charge < -0.3 is 0 Å². The van der Waals surface area contributed by atoms with E-state index in [1.54, 1.807) is 0 Å². The normalized spacial score (nSPS) is 8.60. The first-order valence-corrected chi connectivity index (χ1v) is 3.24. The Hall–Kier alpha value is -0.560. The number of aryl methyl sites for hydroxylation is 2. The zero-order valence-electron chi connectivity index (χ0n) is 6.29. The second-order valence-corrected chi connectivity index (χ2v) is 2.16. The van der Waals surface area contributed by atoms with E-state index < -0.39 is 0 Å². The number of rotatable bonds is 1. The minimum Gasteiger partial charge on any atom is -0.261 e. The predicted molar refractivity (Wildman–Crippen MR) is 45.6 cm³/mol. The van der Waals surface area contributed by atoms with Crippen molar-refractivity contribution in [2.24, 2.45) is 0 Å². The molecule has 0 aromatic carbocycles. The van der Waals surface area contributed by atoms with E-state index in [-0.39, 0.29) is 12.4 Å². The minimum absolute atomic E-state index is 0. The van der Waals surface area contributed by atoms with Gasteiger partial charge in [0.25, 0.3) is 0 Å². The largest absolute Gasteiger partial charge is 0.261 e. The van der Waals surface area contributed by atoms with Gasteiger partial charge in [-0.25, -0.2) is 0 Å². The standard InChI is InChI=1S/C8H11N.ClH/c1-3-8-5-4-7(2)9-6-8;/h4-6H,3H2,1-2H3;1H. The summed E-state index contributed by atoms with van der Waals surface area (Å²) in [5.41, 5.74) is 2.40. The van der Waals surface area contributed by atoms with Crippen LogP contribution < -0.4 is 0 Å². The quantitative estimate of drug-likeness (QED) is 0.610. The van der Waals surface area contributed by atoms with E-state index in [0.29, 0.717) is 0 Å². The van der Waals surface area contributed by atoms with Crippen molar-refractivity contribution in [2.45, 2.75) is 20.3 Å². The van der Waals surface area contributed by atoms with Crippen LogP contribution in [0.3, 0.4) is 0 Å². The summed E-state index contributed by atoms with van der Waals surface area (Å²) in [5.74, 6) is 0. The fourth-order valence-electron chi connectivity index (χ4n) is 0.708. The highest BCUT2D eigenvalue weighted by atomic mass is 35.5. The highest BCUT2D eigenvalue weighted by Gasteiger charge is 1.86. The number of hydrogen-bond donors (Lipinski definition) is 0. The third-order valence-electron chi connectivity index (χ3n) is 1.38. The molecule has 0 saturated heterocycles. The topological polar surface area (TPSA) is 12.9 Å². The monoisotopic (exact) mass is 157 g/mol. The van der Waals surface area contributed by atoms with Crippen LogP contribution in [-0.4, -0.2) is 4.98 Å². The molecule has 1 heterocycles. The Bertz CT molecular complexity index is 181. The van der Waals surface area contributed by atoms with Crippen LogP contribution in [0, 0.1) is 6.92 Å². The molecule has 10 heavy (non-hydrogen) atoms. The number of nitrogens with zero attached hydrogens (tertiary/aromatic N) is 1. The van der Waals surface area contributed by atoms with Gasteiger partial charge in [-0.3, -0.25) is 4.98 Å². The lowest BCUT2D eigenvalue weighted by molar-refractivity contribution is 1.08. The molecule has 0 fully saturated rings. The van der Waals surface area contributed by atoms with Gasteiger partial charge in [-0.15, -0.1) is 12.4 Å². The second-order valence-electron chi connectivity index (χ2n) is 2.16. The van der Waals surface area contributed by atoms with E-state index in [2.05, 4.69) is 18.0 Å². The Balaban J connectivity index is 0.000000810. The minimum atomic E-state index is 0. The van der Waals surface area contributed by atoms with Gasteiger partial charge in [0, 0.05) is 11.9 Å².